The highest BCUT2D eigenvalue weighted by Gasteiger charge is 2.18. The lowest BCUT2D eigenvalue weighted by atomic mass is 10.2. The average molecular weight is 172 g/mol. The third-order valence-electron chi connectivity index (χ3n) is 2.45. The molecule has 0 bridgehead atoms. The van der Waals surface area contributed by atoms with Crippen LogP contribution in [0.5, 0.6) is 5.75 Å². The van der Waals surface area contributed by atoms with Gasteiger partial charge in [-0.15, -0.1) is 0 Å². The monoisotopic (exact) mass is 172 g/mol. The molecule has 0 radical (unpaired) electrons. The van der Waals surface area contributed by atoms with Gasteiger partial charge in [0.25, 0.3) is 5.52 Å². The molecule has 0 unspecified atom stereocenters. The molecule has 0 saturated heterocycles. The summed E-state index contributed by atoms with van der Waals surface area (Å²) in [5, 5.41) is 1.25. The van der Waals surface area contributed by atoms with Crippen molar-refractivity contribution in [2.75, 3.05) is 6.61 Å². The Bertz CT molecular complexity index is 426. The largest absolute Gasteiger partial charge is 0.480 e. The van der Waals surface area contributed by atoms with Crippen molar-refractivity contribution in [3.05, 3.63) is 36.5 Å². The van der Waals surface area contributed by atoms with Crippen LogP contribution in [0.25, 0.3) is 10.9 Å². The van der Waals surface area contributed by atoms with Gasteiger partial charge in [-0.3, -0.25) is 0 Å². The zero-order chi connectivity index (χ0) is 8.67. The van der Waals surface area contributed by atoms with Gasteiger partial charge in [-0.25, -0.2) is 0 Å². The molecule has 13 heavy (non-hydrogen) atoms. The molecular weight excluding hydrogens is 162 g/mol. The third-order valence-corrected chi connectivity index (χ3v) is 2.45. The molecule has 2 heteroatoms. The van der Waals surface area contributed by atoms with Gasteiger partial charge in [0.15, 0.2) is 18.5 Å². The Labute approximate surface area is 76.4 Å². The molecule has 0 aliphatic carbocycles. The highest BCUT2D eigenvalue weighted by molar-refractivity contribution is 5.81. The molecule has 1 aliphatic heterocycles. The number of benzene rings is 1. The van der Waals surface area contributed by atoms with E-state index in [0.29, 0.717) is 0 Å². The first-order valence-electron chi connectivity index (χ1n) is 4.49. The van der Waals surface area contributed by atoms with Gasteiger partial charge in [0.2, 0.25) is 0 Å². The topological polar surface area (TPSA) is 13.1 Å². The van der Waals surface area contributed by atoms with Crippen LogP contribution in [0.4, 0.5) is 0 Å². The molecule has 0 N–H and O–H groups in total. The van der Waals surface area contributed by atoms with Gasteiger partial charge in [0.05, 0.1) is 5.39 Å². The molecule has 3 rings (SSSR count). The summed E-state index contributed by atoms with van der Waals surface area (Å²) in [7, 11) is 0. The fraction of sp³-hybridized carbons (Fsp3) is 0.182. The van der Waals surface area contributed by atoms with Crippen molar-refractivity contribution in [3.8, 4) is 5.75 Å². The highest BCUT2D eigenvalue weighted by atomic mass is 16.5. The predicted molar refractivity (Wildman–Crippen MR) is 49.6 cm³/mol. The average Bonchev–Trinajstić information content (AvgIpc) is 2.19. The molecule has 0 amide bonds. The molecule has 2 heterocycles. The summed E-state index contributed by atoms with van der Waals surface area (Å²) in [5.74, 6) is 1.00. The van der Waals surface area contributed by atoms with Crippen molar-refractivity contribution >= 4 is 10.9 Å². The third kappa shape index (κ3) is 0.917. The van der Waals surface area contributed by atoms with Crippen molar-refractivity contribution in [2.45, 2.75) is 6.54 Å². The minimum Gasteiger partial charge on any atom is -0.480 e. The minimum absolute atomic E-state index is 0.779. The summed E-state index contributed by atoms with van der Waals surface area (Å²) in [6, 6.07) is 10.4. The number of pyridine rings is 1. The smallest absolute Gasteiger partial charge is 0.255 e. The first-order chi connectivity index (χ1) is 6.45. The van der Waals surface area contributed by atoms with Crippen LogP contribution in [0.15, 0.2) is 36.5 Å². The molecule has 1 aliphatic rings. The second kappa shape index (κ2) is 2.46. The molecule has 0 fully saturated rings. The number of ether oxygens (including phenoxy) is 1. The van der Waals surface area contributed by atoms with Crippen molar-refractivity contribution in [3.63, 3.8) is 0 Å². The summed E-state index contributed by atoms with van der Waals surface area (Å²) in [6.07, 6.45) is 2.11. The molecule has 1 aromatic heterocycles. The van der Waals surface area contributed by atoms with E-state index < -0.39 is 0 Å². The molecule has 0 spiro atoms. The van der Waals surface area contributed by atoms with Gasteiger partial charge in [-0.05, 0) is 18.2 Å². The predicted octanol–water partition coefficient (Wildman–Crippen LogP) is 1.52. The van der Waals surface area contributed by atoms with E-state index in [0.717, 1.165) is 18.9 Å². The molecular formula is C11H10NO+. The maximum absolute atomic E-state index is 5.57. The van der Waals surface area contributed by atoms with E-state index >= 15 is 0 Å². The van der Waals surface area contributed by atoms with Crippen LogP contribution >= 0.6 is 0 Å². The lowest BCUT2D eigenvalue weighted by molar-refractivity contribution is -0.676. The molecule has 2 nitrogen and oxygen atoms in total. The van der Waals surface area contributed by atoms with Crippen LogP contribution in [0.2, 0.25) is 0 Å². The van der Waals surface area contributed by atoms with Gasteiger partial charge in [0, 0.05) is 6.07 Å². The lowest BCUT2D eigenvalue weighted by Crippen LogP contribution is -2.40. The summed E-state index contributed by atoms with van der Waals surface area (Å²) >= 11 is 0. The fourth-order valence-electron chi connectivity index (χ4n) is 1.86. The summed E-state index contributed by atoms with van der Waals surface area (Å²) in [6.45, 7) is 1.73. The Morgan fingerprint density at radius 2 is 2.08 bits per heavy atom. The van der Waals surface area contributed by atoms with E-state index in [-0.39, 0.29) is 0 Å². The molecule has 1 aromatic carbocycles. The van der Waals surface area contributed by atoms with E-state index in [1.54, 1.807) is 0 Å². The highest BCUT2D eigenvalue weighted by Crippen LogP contribution is 2.23. The Hall–Kier alpha value is -1.57. The Balaban J connectivity index is 2.49. The molecule has 0 atom stereocenters. The molecule has 0 saturated carbocycles. The van der Waals surface area contributed by atoms with Gasteiger partial charge >= 0.3 is 0 Å². The van der Waals surface area contributed by atoms with Crippen LogP contribution in [0.1, 0.15) is 0 Å². The van der Waals surface area contributed by atoms with E-state index in [1.807, 2.05) is 12.1 Å². The van der Waals surface area contributed by atoms with Crippen LogP contribution in [-0.2, 0) is 6.54 Å². The van der Waals surface area contributed by atoms with Crippen LogP contribution in [-0.4, -0.2) is 6.61 Å². The van der Waals surface area contributed by atoms with Crippen molar-refractivity contribution in [2.24, 2.45) is 0 Å². The van der Waals surface area contributed by atoms with Crippen LogP contribution in [0, 0.1) is 0 Å². The van der Waals surface area contributed by atoms with Crippen molar-refractivity contribution < 1.29 is 9.30 Å². The maximum atomic E-state index is 5.57. The number of nitrogens with zero attached hydrogens (tertiary/aromatic N) is 1. The number of hydrogen-bond donors (Lipinski definition) is 0. The van der Waals surface area contributed by atoms with E-state index in [2.05, 4.69) is 29.0 Å². The number of aromatic nitrogens is 1. The zero-order valence-electron chi connectivity index (χ0n) is 7.23. The summed E-state index contributed by atoms with van der Waals surface area (Å²) in [4.78, 5) is 0. The van der Waals surface area contributed by atoms with Crippen molar-refractivity contribution in [1.82, 2.24) is 0 Å². The minimum atomic E-state index is 0.779. The molecule has 64 valence electrons. The van der Waals surface area contributed by atoms with Crippen LogP contribution in [0.3, 0.4) is 0 Å². The van der Waals surface area contributed by atoms with Gasteiger partial charge < -0.3 is 4.74 Å². The zero-order valence-corrected chi connectivity index (χ0v) is 7.23. The van der Waals surface area contributed by atoms with Gasteiger partial charge in [-0.2, -0.15) is 4.57 Å². The van der Waals surface area contributed by atoms with Gasteiger partial charge in [0.1, 0.15) is 6.61 Å². The van der Waals surface area contributed by atoms with E-state index in [4.69, 9.17) is 4.74 Å². The van der Waals surface area contributed by atoms with E-state index in [9.17, 15) is 0 Å². The van der Waals surface area contributed by atoms with Crippen molar-refractivity contribution in [1.29, 1.82) is 0 Å². The fourth-order valence-corrected chi connectivity index (χ4v) is 1.86. The Morgan fingerprint density at radius 3 is 3.08 bits per heavy atom. The first-order valence-corrected chi connectivity index (χ1v) is 4.49. The maximum Gasteiger partial charge on any atom is 0.255 e. The SMILES string of the molecule is c1cc2c3c(c1)ccc[n+]3CCO2. The normalized spacial score (nSPS) is 14.2. The lowest BCUT2D eigenvalue weighted by Gasteiger charge is -2.12. The number of rotatable bonds is 0. The second-order valence-corrected chi connectivity index (χ2v) is 3.24. The number of hydrogen-bond acceptors (Lipinski definition) is 1. The first kappa shape index (κ1) is 6.89. The summed E-state index contributed by atoms with van der Waals surface area (Å²) in [5.41, 5.74) is 1.22. The van der Waals surface area contributed by atoms with Gasteiger partial charge in [-0.1, -0.05) is 6.07 Å². The second-order valence-electron chi connectivity index (χ2n) is 3.24. The van der Waals surface area contributed by atoms with E-state index in [1.165, 1.54) is 10.9 Å². The molecule has 2 aromatic rings. The number of para-hydroxylation sites is 1. The standard InChI is InChI=1S/C11H10NO/c1-3-9-4-2-6-12-7-8-13-10(5-1)11(9)12/h1-6H,7-8H2/q+1. The van der Waals surface area contributed by atoms with Crippen LogP contribution < -0.4 is 9.30 Å². The summed E-state index contributed by atoms with van der Waals surface area (Å²) < 4.78 is 7.82. The Kier molecular flexibility index (Phi) is 1.30. The quantitative estimate of drug-likeness (QED) is 0.549. The Morgan fingerprint density at radius 1 is 1.15 bits per heavy atom.